The molecular weight excluding hydrogens is 486 g/mol. The van der Waals surface area contributed by atoms with Gasteiger partial charge < -0.3 is 19.3 Å². The Hall–Kier alpha value is -3.26. The van der Waals surface area contributed by atoms with Gasteiger partial charge in [-0.25, -0.2) is 9.59 Å². The van der Waals surface area contributed by atoms with Gasteiger partial charge in [-0.05, 0) is 50.3 Å². The molecule has 1 aliphatic heterocycles. The van der Waals surface area contributed by atoms with Crippen LogP contribution >= 0.6 is 0 Å². The van der Waals surface area contributed by atoms with Crippen molar-refractivity contribution in [3.63, 3.8) is 0 Å². The van der Waals surface area contributed by atoms with Gasteiger partial charge >= 0.3 is 17.9 Å². The van der Waals surface area contributed by atoms with Gasteiger partial charge in [0.15, 0.2) is 12.2 Å². The average molecular weight is 524 g/mol. The summed E-state index contributed by atoms with van der Waals surface area (Å²) in [6.07, 6.45) is 9.60. The van der Waals surface area contributed by atoms with Crippen molar-refractivity contribution in [1.29, 1.82) is 0 Å². The summed E-state index contributed by atoms with van der Waals surface area (Å²) in [5.41, 5.74) is -1.38. The first-order chi connectivity index (χ1) is 17.8. The molecule has 2 aliphatic carbocycles. The zero-order chi connectivity index (χ0) is 27.9. The van der Waals surface area contributed by atoms with Crippen LogP contribution in [-0.2, 0) is 23.8 Å². The van der Waals surface area contributed by atoms with Crippen molar-refractivity contribution in [2.75, 3.05) is 6.61 Å². The third kappa shape index (κ3) is 4.59. The fraction of sp³-hybridized carbons (Fsp3) is 0.533. The standard InChI is InChI=1S/C30H37NO7/c1-18(2)26(33)38-25-24(37-27(34)21-10-8-14-31-16-21)29(5)19(3)9-7-11-22(29)28(4,30(25,6)35)13-12-20-15-23(32)36-17-20/h8-10,12-16,18,22,24-25,35H,7,11,17H2,1-6H3. The normalized spacial score (nSPS) is 34.8. The Morgan fingerprint density at radius 1 is 1.21 bits per heavy atom. The van der Waals surface area contributed by atoms with Crippen LogP contribution in [0.5, 0.6) is 0 Å². The molecule has 8 nitrogen and oxygen atoms in total. The summed E-state index contributed by atoms with van der Waals surface area (Å²) in [6.45, 7) is 11.2. The smallest absolute Gasteiger partial charge is 0.340 e. The highest BCUT2D eigenvalue weighted by Gasteiger charge is 2.69. The topological polar surface area (TPSA) is 112 Å². The number of pyridine rings is 1. The van der Waals surface area contributed by atoms with E-state index in [1.807, 2.05) is 26.8 Å². The van der Waals surface area contributed by atoms with Gasteiger partial charge in [0.25, 0.3) is 0 Å². The number of aliphatic hydroxyl groups is 1. The molecule has 38 heavy (non-hydrogen) atoms. The molecule has 4 rings (SSSR count). The summed E-state index contributed by atoms with van der Waals surface area (Å²) in [5, 5.41) is 12.3. The van der Waals surface area contributed by atoms with Crippen LogP contribution in [0.4, 0.5) is 0 Å². The molecule has 204 valence electrons. The van der Waals surface area contributed by atoms with E-state index in [1.54, 1.807) is 45.2 Å². The second-order valence-electron chi connectivity index (χ2n) is 11.5. The van der Waals surface area contributed by atoms with Crippen LogP contribution in [0.1, 0.15) is 64.7 Å². The Morgan fingerprint density at radius 2 is 1.95 bits per heavy atom. The number of hydrogen-bond donors (Lipinski definition) is 1. The second kappa shape index (κ2) is 10.1. The highest BCUT2D eigenvalue weighted by atomic mass is 16.6. The van der Waals surface area contributed by atoms with Crippen molar-refractivity contribution in [2.45, 2.75) is 72.2 Å². The predicted molar refractivity (Wildman–Crippen MR) is 140 cm³/mol. The summed E-state index contributed by atoms with van der Waals surface area (Å²) >= 11 is 0. The van der Waals surface area contributed by atoms with Gasteiger partial charge in [-0.15, -0.1) is 0 Å². The molecule has 6 atom stereocenters. The Labute approximate surface area is 223 Å². The van der Waals surface area contributed by atoms with Gasteiger partial charge in [0, 0.05) is 29.3 Å². The van der Waals surface area contributed by atoms with E-state index in [2.05, 4.69) is 11.1 Å². The Morgan fingerprint density at radius 3 is 2.55 bits per heavy atom. The van der Waals surface area contributed by atoms with E-state index in [0.717, 1.165) is 12.0 Å². The molecule has 1 N–H and O–H groups in total. The third-order valence-electron chi connectivity index (χ3n) is 8.89. The quantitative estimate of drug-likeness (QED) is 0.333. The highest BCUT2D eigenvalue weighted by molar-refractivity contribution is 5.89. The first-order valence-corrected chi connectivity index (χ1v) is 13.1. The maximum absolute atomic E-state index is 13.3. The third-order valence-corrected chi connectivity index (χ3v) is 8.89. The molecule has 6 unspecified atom stereocenters. The summed E-state index contributed by atoms with van der Waals surface area (Å²) in [5.74, 6) is -2.15. The summed E-state index contributed by atoms with van der Waals surface area (Å²) in [6, 6.07) is 3.26. The molecular formula is C30H37NO7. The maximum Gasteiger partial charge on any atom is 0.340 e. The van der Waals surface area contributed by atoms with E-state index in [-0.39, 0.29) is 18.1 Å². The minimum absolute atomic E-state index is 0.158. The van der Waals surface area contributed by atoms with Crippen LogP contribution in [0.3, 0.4) is 0 Å². The largest absolute Gasteiger partial charge is 0.458 e. The fourth-order valence-corrected chi connectivity index (χ4v) is 6.21. The van der Waals surface area contributed by atoms with Crippen molar-refractivity contribution in [2.24, 2.45) is 22.7 Å². The number of nitrogens with zero attached hydrogens (tertiary/aromatic N) is 1. The average Bonchev–Trinajstić information content (AvgIpc) is 3.30. The van der Waals surface area contributed by atoms with Crippen molar-refractivity contribution in [3.05, 3.63) is 65.5 Å². The molecule has 2 heterocycles. The van der Waals surface area contributed by atoms with E-state index in [4.69, 9.17) is 14.2 Å². The molecule has 3 aliphatic rings. The summed E-state index contributed by atoms with van der Waals surface area (Å²) in [7, 11) is 0. The number of esters is 3. The van der Waals surface area contributed by atoms with Gasteiger partial charge in [0.2, 0.25) is 0 Å². The number of carbonyl (C=O) groups excluding carboxylic acids is 3. The summed E-state index contributed by atoms with van der Waals surface area (Å²) in [4.78, 5) is 42.0. The van der Waals surface area contributed by atoms with Gasteiger partial charge in [-0.2, -0.15) is 0 Å². The van der Waals surface area contributed by atoms with Gasteiger partial charge in [-0.3, -0.25) is 9.78 Å². The van der Waals surface area contributed by atoms with Crippen molar-refractivity contribution in [1.82, 2.24) is 4.98 Å². The highest BCUT2D eigenvalue weighted by Crippen LogP contribution is 2.63. The number of hydrogen-bond acceptors (Lipinski definition) is 8. The van der Waals surface area contributed by atoms with Crippen LogP contribution in [0.15, 0.2) is 60.0 Å². The Balaban J connectivity index is 1.86. The number of fused-ring (bicyclic) bond motifs is 1. The van der Waals surface area contributed by atoms with Crippen LogP contribution < -0.4 is 0 Å². The number of ether oxygens (including phenoxy) is 3. The number of cyclic esters (lactones) is 1. The van der Waals surface area contributed by atoms with Crippen LogP contribution in [0, 0.1) is 22.7 Å². The molecule has 0 aromatic carbocycles. The summed E-state index contributed by atoms with van der Waals surface area (Å²) < 4.78 is 17.3. The fourth-order valence-electron chi connectivity index (χ4n) is 6.21. The molecule has 0 radical (unpaired) electrons. The van der Waals surface area contributed by atoms with Gasteiger partial charge in [0.1, 0.15) is 12.2 Å². The Kier molecular flexibility index (Phi) is 7.40. The molecule has 0 amide bonds. The van der Waals surface area contributed by atoms with Gasteiger partial charge in [0.05, 0.1) is 11.5 Å². The lowest BCUT2D eigenvalue weighted by atomic mass is 9.44. The van der Waals surface area contributed by atoms with E-state index in [1.165, 1.54) is 12.3 Å². The molecule has 8 heteroatoms. The second-order valence-corrected chi connectivity index (χ2v) is 11.5. The molecule has 1 aromatic heterocycles. The molecule has 0 saturated heterocycles. The molecule has 1 fully saturated rings. The minimum Gasteiger partial charge on any atom is -0.458 e. The van der Waals surface area contributed by atoms with E-state index in [0.29, 0.717) is 12.0 Å². The van der Waals surface area contributed by atoms with Crippen molar-refractivity contribution < 1.29 is 33.7 Å². The van der Waals surface area contributed by atoms with Crippen molar-refractivity contribution >= 4 is 17.9 Å². The van der Waals surface area contributed by atoms with Crippen LogP contribution in [0.25, 0.3) is 0 Å². The number of aromatic nitrogens is 1. The molecule has 1 saturated carbocycles. The predicted octanol–water partition coefficient (Wildman–Crippen LogP) is 4.35. The lowest BCUT2D eigenvalue weighted by Gasteiger charge is -2.64. The number of carbonyl (C=O) groups is 3. The van der Waals surface area contributed by atoms with Crippen molar-refractivity contribution in [3.8, 4) is 0 Å². The number of allylic oxidation sites excluding steroid dienone is 1. The van der Waals surface area contributed by atoms with Gasteiger partial charge in [-0.1, -0.05) is 51.5 Å². The van der Waals surface area contributed by atoms with Crippen LogP contribution in [0.2, 0.25) is 0 Å². The zero-order valence-electron chi connectivity index (χ0n) is 22.9. The van der Waals surface area contributed by atoms with E-state index >= 15 is 0 Å². The first kappa shape index (κ1) is 27.8. The minimum atomic E-state index is -1.64. The lowest BCUT2D eigenvalue weighted by Crippen LogP contribution is -2.72. The maximum atomic E-state index is 13.3. The Bertz CT molecular complexity index is 1200. The number of rotatable bonds is 6. The zero-order valence-corrected chi connectivity index (χ0v) is 22.9. The molecule has 0 spiro atoms. The van der Waals surface area contributed by atoms with E-state index < -0.39 is 52.5 Å². The lowest BCUT2D eigenvalue weighted by molar-refractivity contribution is -0.261. The molecule has 1 aromatic rings. The SMILES string of the molecule is CC1=CCCC2C1(C)C(OC(=O)c1cccnc1)C(OC(=O)C(C)C)C(C)(O)C2(C)C=CC1=CC(=O)OC1. The van der Waals surface area contributed by atoms with E-state index in [9.17, 15) is 19.5 Å². The molecule has 0 bridgehead atoms. The first-order valence-electron chi connectivity index (χ1n) is 13.1. The van der Waals surface area contributed by atoms with Crippen LogP contribution in [-0.4, -0.2) is 52.4 Å². The monoisotopic (exact) mass is 523 g/mol.